The Kier molecular flexibility index (Phi) is 4.71. The van der Waals surface area contributed by atoms with Gasteiger partial charge in [0.2, 0.25) is 5.91 Å². The van der Waals surface area contributed by atoms with Crippen LogP contribution in [0.2, 0.25) is 0 Å². The molecule has 0 aliphatic rings. The van der Waals surface area contributed by atoms with Crippen LogP contribution >= 0.6 is 0 Å². The zero-order valence-electron chi connectivity index (χ0n) is 11.7. The first-order valence-corrected chi connectivity index (χ1v) is 6.62. The van der Waals surface area contributed by atoms with Crippen LogP contribution in [0.5, 0.6) is 0 Å². The maximum atomic E-state index is 11.9. The molecular formula is C15H17N3O3. The fourth-order valence-electron chi connectivity index (χ4n) is 2.05. The van der Waals surface area contributed by atoms with Crippen molar-refractivity contribution in [2.45, 2.75) is 12.8 Å². The average Bonchev–Trinajstić information content (AvgIpc) is 2.85. The van der Waals surface area contributed by atoms with Crippen molar-refractivity contribution in [1.29, 1.82) is 0 Å². The van der Waals surface area contributed by atoms with Gasteiger partial charge in [-0.05, 0) is 17.7 Å². The number of nitrogens with one attached hydrogen (secondary N) is 1. The van der Waals surface area contributed by atoms with E-state index in [1.165, 1.54) is 6.07 Å². The summed E-state index contributed by atoms with van der Waals surface area (Å²) in [6, 6.07) is 8.42. The Hall–Kier alpha value is -2.63. The minimum atomic E-state index is -1.02. The third-order valence-corrected chi connectivity index (χ3v) is 3.07. The minimum Gasteiger partial charge on any atom is -0.478 e. The Morgan fingerprint density at radius 3 is 2.71 bits per heavy atom. The van der Waals surface area contributed by atoms with Crippen LogP contribution in [0.1, 0.15) is 21.6 Å². The van der Waals surface area contributed by atoms with Crippen molar-refractivity contribution in [1.82, 2.24) is 15.1 Å². The van der Waals surface area contributed by atoms with Crippen LogP contribution in [-0.4, -0.2) is 33.3 Å². The van der Waals surface area contributed by atoms with Crippen molar-refractivity contribution in [3.8, 4) is 0 Å². The highest BCUT2D eigenvalue weighted by Gasteiger charge is 2.12. The number of carbonyl (C=O) groups excluding carboxylic acids is 1. The van der Waals surface area contributed by atoms with Gasteiger partial charge in [0.15, 0.2) is 0 Å². The number of rotatable bonds is 6. The highest BCUT2D eigenvalue weighted by molar-refractivity contribution is 5.91. The molecule has 1 aromatic heterocycles. The largest absolute Gasteiger partial charge is 0.478 e. The molecule has 110 valence electrons. The summed E-state index contributed by atoms with van der Waals surface area (Å²) in [5, 5.41) is 16.1. The van der Waals surface area contributed by atoms with Crippen molar-refractivity contribution in [2.75, 3.05) is 6.54 Å². The maximum Gasteiger partial charge on any atom is 0.335 e. The van der Waals surface area contributed by atoms with Crippen LogP contribution in [0.15, 0.2) is 36.5 Å². The van der Waals surface area contributed by atoms with Crippen LogP contribution in [-0.2, 0) is 24.7 Å². The molecule has 0 bridgehead atoms. The smallest absolute Gasteiger partial charge is 0.335 e. The summed E-state index contributed by atoms with van der Waals surface area (Å²) in [6.07, 6.45) is 2.55. The number of carboxylic acids is 1. The molecular weight excluding hydrogens is 270 g/mol. The van der Waals surface area contributed by atoms with Crippen molar-refractivity contribution in [3.05, 3.63) is 53.3 Å². The summed E-state index contributed by atoms with van der Waals surface area (Å²) in [6.45, 7) is 0.477. The number of aromatic nitrogens is 2. The average molecular weight is 287 g/mol. The summed E-state index contributed by atoms with van der Waals surface area (Å²) >= 11 is 0. The number of carbonyl (C=O) groups is 2. The van der Waals surface area contributed by atoms with Gasteiger partial charge in [-0.25, -0.2) is 4.79 Å². The molecule has 0 atom stereocenters. The van der Waals surface area contributed by atoms with Crippen LogP contribution < -0.4 is 5.32 Å². The van der Waals surface area contributed by atoms with E-state index in [9.17, 15) is 9.59 Å². The Bertz CT molecular complexity index is 649. The molecule has 0 aliphatic heterocycles. The van der Waals surface area contributed by atoms with E-state index >= 15 is 0 Å². The van der Waals surface area contributed by atoms with Gasteiger partial charge < -0.3 is 10.4 Å². The number of aryl methyl sites for hydroxylation is 1. The van der Waals surface area contributed by atoms with E-state index in [1.807, 2.05) is 19.3 Å². The summed E-state index contributed by atoms with van der Waals surface area (Å²) in [5.74, 6) is -1.22. The molecule has 6 heteroatoms. The first-order valence-electron chi connectivity index (χ1n) is 6.62. The Morgan fingerprint density at radius 2 is 2.05 bits per heavy atom. The molecule has 1 aromatic carbocycles. The van der Waals surface area contributed by atoms with Gasteiger partial charge in [-0.2, -0.15) is 5.10 Å². The van der Waals surface area contributed by atoms with E-state index in [-0.39, 0.29) is 17.9 Å². The molecule has 0 unspecified atom stereocenters. The molecule has 0 saturated carbocycles. The number of hydrogen-bond acceptors (Lipinski definition) is 3. The molecule has 0 radical (unpaired) electrons. The molecule has 0 spiro atoms. The van der Waals surface area contributed by atoms with Gasteiger partial charge in [0.05, 0.1) is 17.7 Å². The third kappa shape index (κ3) is 4.17. The van der Waals surface area contributed by atoms with Crippen LogP contribution in [0.25, 0.3) is 0 Å². The lowest BCUT2D eigenvalue weighted by Gasteiger charge is -2.07. The van der Waals surface area contributed by atoms with Gasteiger partial charge in [0.1, 0.15) is 0 Å². The van der Waals surface area contributed by atoms with E-state index in [2.05, 4.69) is 10.4 Å². The number of carboxylic acid groups (broad SMARTS) is 1. The predicted octanol–water partition coefficient (Wildman–Crippen LogP) is 1.02. The van der Waals surface area contributed by atoms with Crippen LogP contribution in [0.4, 0.5) is 0 Å². The van der Waals surface area contributed by atoms with Gasteiger partial charge in [0.25, 0.3) is 0 Å². The van der Waals surface area contributed by atoms with E-state index in [1.54, 1.807) is 22.9 Å². The van der Waals surface area contributed by atoms with E-state index in [0.717, 1.165) is 5.69 Å². The van der Waals surface area contributed by atoms with Gasteiger partial charge in [-0.3, -0.25) is 9.48 Å². The number of amides is 1. The fraction of sp³-hybridized carbons (Fsp3) is 0.267. The van der Waals surface area contributed by atoms with Crippen molar-refractivity contribution < 1.29 is 14.7 Å². The topological polar surface area (TPSA) is 84.2 Å². The SMILES string of the molecule is Cn1ccc(CCNC(=O)Cc2ccccc2C(=O)O)n1. The first-order chi connectivity index (χ1) is 10.1. The molecule has 1 amide bonds. The number of hydrogen-bond donors (Lipinski definition) is 2. The van der Waals surface area contributed by atoms with E-state index in [0.29, 0.717) is 18.5 Å². The summed E-state index contributed by atoms with van der Waals surface area (Å²) in [4.78, 5) is 22.9. The molecule has 1 heterocycles. The Morgan fingerprint density at radius 1 is 1.29 bits per heavy atom. The summed E-state index contributed by atoms with van der Waals surface area (Å²) in [5.41, 5.74) is 1.58. The van der Waals surface area contributed by atoms with Crippen molar-refractivity contribution in [3.63, 3.8) is 0 Å². The monoisotopic (exact) mass is 287 g/mol. The lowest BCUT2D eigenvalue weighted by molar-refractivity contribution is -0.120. The number of benzene rings is 1. The highest BCUT2D eigenvalue weighted by atomic mass is 16.4. The van der Waals surface area contributed by atoms with Crippen molar-refractivity contribution >= 4 is 11.9 Å². The second kappa shape index (κ2) is 6.69. The molecule has 2 rings (SSSR count). The van der Waals surface area contributed by atoms with Gasteiger partial charge >= 0.3 is 5.97 Å². The van der Waals surface area contributed by atoms with Gasteiger partial charge in [0, 0.05) is 26.2 Å². The Labute approximate surface area is 122 Å². The Balaban J connectivity index is 1.86. The lowest BCUT2D eigenvalue weighted by Crippen LogP contribution is -2.28. The maximum absolute atomic E-state index is 11.9. The highest BCUT2D eigenvalue weighted by Crippen LogP contribution is 2.09. The third-order valence-electron chi connectivity index (χ3n) is 3.07. The first kappa shape index (κ1) is 14.8. The van der Waals surface area contributed by atoms with E-state index < -0.39 is 5.97 Å². The fourth-order valence-corrected chi connectivity index (χ4v) is 2.05. The normalized spacial score (nSPS) is 10.3. The molecule has 0 saturated heterocycles. The molecule has 0 aliphatic carbocycles. The molecule has 0 fully saturated rings. The molecule has 2 N–H and O–H groups in total. The summed E-state index contributed by atoms with van der Waals surface area (Å²) in [7, 11) is 1.84. The zero-order chi connectivity index (χ0) is 15.2. The number of aromatic carboxylic acids is 1. The lowest BCUT2D eigenvalue weighted by atomic mass is 10.0. The standard InChI is InChI=1S/C15H17N3O3/c1-18-9-7-12(17-18)6-8-16-14(19)10-11-4-2-3-5-13(11)15(20)21/h2-5,7,9H,6,8,10H2,1H3,(H,16,19)(H,20,21). The van der Waals surface area contributed by atoms with Crippen LogP contribution in [0.3, 0.4) is 0 Å². The molecule has 21 heavy (non-hydrogen) atoms. The minimum absolute atomic E-state index is 0.0602. The van der Waals surface area contributed by atoms with Gasteiger partial charge in [-0.1, -0.05) is 18.2 Å². The molecule has 6 nitrogen and oxygen atoms in total. The second-order valence-electron chi connectivity index (χ2n) is 4.72. The summed E-state index contributed by atoms with van der Waals surface area (Å²) < 4.78 is 1.71. The zero-order valence-corrected chi connectivity index (χ0v) is 11.7. The molecule has 2 aromatic rings. The predicted molar refractivity (Wildman–Crippen MR) is 77.0 cm³/mol. The quantitative estimate of drug-likeness (QED) is 0.830. The number of nitrogens with zero attached hydrogens (tertiary/aromatic N) is 2. The van der Waals surface area contributed by atoms with E-state index in [4.69, 9.17) is 5.11 Å². The van der Waals surface area contributed by atoms with Crippen LogP contribution in [0, 0.1) is 0 Å². The van der Waals surface area contributed by atoms with Gasteiger partial charge in [-0.15, -0.1) is 0 Å². The van der Waals surface area contributed by atoms with Crippen molar-refractivity contribution in [2.24, 2.45) is 7.05 Å². The second-order valence-corrected chi connectivity index (χ2v) is 4.72.